The number of nitrogens with two attached hydrogens (primary N) is 1. The van der Waals surface area contributed by atoms with Crippen LogP contribution >= 0.6 is 23.1 Å². The quantitative estimate of drug-likeness (QED) is 0.610. The number of thiophene rings is 1. The molecule has 2 aromatic heterocycles. The first-order chi connectivity index (χ1) is 12.6. The minimum Gasteiger partial charge on any atom is -0.383 e. The van der Waals surface area contributed by atoms with Crippen LogP contribution in [0.15, 0.2) is 5.16 Å². The van der Waals surface area contributed by atoms with Gasteiger partial charge in [0.15, 0.2) is 5.16 Å². The van der Waals surface area contributed by atoms with Crippen molar-refractivity contribution in [2.75, 3.05) is 11.5 Å². The van der Waals surface area contributed by atoms with Crippen molar-refractivity contribution in [2.45, 2.75) is 69.5 Å². The maximum absolute atomic E-state index is 12.3. The predicted molar refractivity (Wildman–Crippen MR) is 109 cm³/mol. The van der Waals surface area contributed by atoms with Gasteiger partial charge in [-0.05, 0) is 50.0 Å². The third kappa shape index (κ3) is 3.69. The van der Waals surface area contributed by atoms with Crippen LogP contribution in [0.4, 0.5) is 5.82 Å². The number of nitrogens with one attached hydrogen (secondary N) is 1. The van der Waals surface area contributed by atoms with Crippen LogP contribution in [0.1, 0.15) is 55.9 Å². The van der Waals surface area contributed by atoms with Crippen molar-refractivity contribution in [3.8, 4) is 0 Å². The molecular weight excluding hydrogens is 364 g/mol. The van der Waals surface area contributed by atoms with Gasteiger partial charge in [-0.15, -0.1) is 11.3 Å². The van der Waals surface area contributed by atoms with E-state index in [2.05, 4.69) is 22.2 Å². The van der Waals surface area contributed by atoms with Gasteiger partial charge in [0.1, 0.15) is 10.6 Å². The summed E-state index contributed by atoms with van der Waals surface area (Å²) in [6.07, 6.45) is 9.45. The van der Waals surface area contributed by atoms with Crippen molar-refractivity contribution < 1.29 is 4.79 Å². The molecule has 2 aliphatic rings. The van der Waals surface area contributed by atoms with Gasteiger partial charge in [-0.1, -0.05) is 31.5 Å². The summed E-state index contributed by atoms with van der Waals surface area (Å²) in [6.45, 7) is 2.23. The van der Waals surface area contributed by atoms with E-state index in [0.29, 0.717) is 28.7 Å². The number of nitrogen functional groups attached to an aromatic ring is 1. The molecule has 4 rings (SSSR count). The van der Waals surface area contributed by atoms with Gasteiger partial charge in [0.25, 0.3) is 0 Å². The fraction of sp³-hybridized carbons (Fsp3) is 0.632. The van der Waals surface area contributed by atoms with Crippen molar-refractivity contribution >= 4 is 45.0 Å². The molecule has 1 amide bonds. The highest BCUT2D eigenvalue weighted by Gasteiger charge is 2.23. The van der Waals surface area contributed by atoms with Crippen LogP contribution in [-0.4, -0.2) is 27.7 Å². The zero-order chi connectivity index (χ0) is 18.1. The highest BCUT2D eigenvalue weighted by atomic mass is 32.2. The SMILES string of the molecule is C[C@@H]1CCCC[C@H]1NC(=O)CSc1nc(N)c2c3c(sc2n1)CCCC3. The number of rotatable bonds is 4. The molecule has 0 bridgehead atoms. The van der Waals surface area contributed by atoms with Crippen molar-refractivity contribution in [1.82, 2.24) is 15.3 Å². The Morgan fingerprint density at radius 2 is 2.04 bits per heavy atom. The molecular formula is C19H26N4OS2. The van der Waals surface area contributed by atoms with E-state index in [1.165, 1.54) is 54.3 Å². The molecule has 2 aliphatic carbocycles. The summed E-state index contributed by atoms with van der Waals surface area (Å²) in [6, 6.07) is 0.314. The van der Waals surface area contributed by atoms with E-state index in [-0.39, 0.29) is 5.91 Å². The van der Waals surface area contributed by atoms with E-state index >= 15 is 0 Å². The Labute approximate surface area is 162 Å². The second kappa shape index (κ2) is 7.72. The van der Waals surface area contributed by atoms with E-state index in [4.69, 9.17) is 5.73 Å². The number of carbonyl (C=O) groups is 1. The molecule has 0 spiro atoms. The summed E-state index contributed by atoms with van der Waals surface area (Å²) in [5.41, 5.74) is 7.60. The van der Waals surface area contributed by atoms with Gasteiger partial charge in [0.2, 0.25) is 5.91 Å². The fourth-order valence-electron chi connectivity index (χ4n) is 4.14. The maximum atomic E-state index is 12.3. The minimum atomic E-state index is 0.0708. The Hall–Kier alpha value is -1.34. The number of thioether (sulfide) groups is 1. The van der Waals surface area contributed by atoms with Crippen LogP contribution < -0.4 is 11.1 Å². The van der Waals surface area contributed by atoms with Gasteiger partial charge in [0.05, 0.1) is 11.1 Å². The summed E-state index contributed by atoms with van der Waals surface area (Å²) in [4.78, 5) is 23.9. The number of amides is 1. The van der Waals surface area contributed by atoms with E-state index < -0.39 is 0 Å². The summed E-state index contributed by atoms with van der Waals surface area (Å²) in [5.74, 6) is 1.55. The summed E-state index contributed by atoms with van der Waals surface area (Å²) < 4.78 is 0. The van der Waals surface area contributed by atoms with E-state index in [1.54, 1.807) is 11.3 Å². The Morgan fingerprint density at radius 3 is 2.88 bits per heavy atom. The lowest BCUT2D eigenvalue weighted by molar-refractivity contribution is -0.119. The molecule has 0 aromatic carbocycles. The van der Waals surface area contributed by atoms with Crippen molar-refractivity contribution in [3.05, 3.63) is 10.4 Å². The number of aryl methyl sites for hydroxylation is 2. The van der Waals surface area contributed by atoms with E-state index in [9.17, 15) is 4.79 Å². The van der Waals surface area contributed by atoms with Gasteiger partial charge < -0.3 is 11.1 Å². The van der Waals surface area contributed by atoms with E-state index in [1.807, 2.05) is 0 Å². The van der Waals surface area contributed by atoms with Gasteiger partial charge in [-0.3, -0.25) is 4.79 Å². The molecule has 3 N–H and O–H groups in total. The Bertz CT molecular complexity index is 819. The lowest BCUT2D eigenvalue weighted by Crippen LogP contribution is -2.41. The second-order valence-electron chi connectivity index (χ2n) is 7.51. The van der Waals surface area contributed by atoms with Gasteiger partial charge in [0, 0.05) is 10.9 Å². The van der Waals surface area contributed by atoms with Crippen LogP contribution in [-0.2, 0) is 17.6 Å². The third-order valence-corrected chi connectivity index (χ3v) is 7.65. The third-order valence-electron chi connectivity index (χ3n) is 5.61. The number of hydrogen-bond donors (Lipinski definition) is 2. The number of anilines is 1. The highest BCUT2D eigenvalue weighted by molar-refractivity contribution is 7.99. The normalized spacial score (nSPS) is 23.0. The molecule has 0 aliphatic heterocycles. The lowest BCUT2D eigenvalue weighted by atomic mass is 9.86. The minimum absolute atomic E-state index is 0.0708. The fourth-order valence-corrected chi connectivity index (χ4v) is 6.13. The van der Waals surface area contributed by atoms with Crippen molar-refractivity contribution in [3.63, 3.8) is 0 Å². The number of nitrogens with zero attached hydrogens (tertiary/aromatic N) is 2. The first-order valence-corrected chi connectivity index (χ1v) is 11.4. The molecule has 2 aromatic rings. The van der Waals surface area contributed by atoms with Crippen molar-refractivity contribution in [1.29, 1.82) is 0 Å². The average molecular weight is 391 g/mol. The lowest BCUT2D eigenvalue weighted by Gasteiger charge is -2.29. The standard InChI is InChI=1S/C19H26N4OS2/c1-11-6-2-4-8-13(11)21-15(24)10-25-19-22-17(20)16-12-7-3-5-9-14(12)26-18(16)23-19/h11,13H,2-10H2,1H3,(H,21,24)(H2,20,22,23)/t11-,13-/m1/s1. The number of hydrogen-bond acceptors (Lipinski definition) is 6. The summed E-state index contributed by atoms with van der Waals surface area (Å²) >= 11 is 3.13. The monoisotopic (exact) mass is 390 g/mol. The smallest absolute Gasteiger partial charge is 0.230 e. The van der Waals surface area contributed by atoms with Crippen LogP contribution in [0.3, 0.4) is 0 Å². The zero-order valence-electron chi connectivity index (χ0n) is 15.2. The van der Waals surface area contributed by atoms with Gasteiger partial charge in [-0.2, -0.15) is 0 Å². The summed E-state index contributed by atoms with van der Waals surface area (Å²) in [7, 11) is 0. The summed E-state index contributed by atoms with van der Waals surface area (Å²) in [5, 5.41) is 4.85. The molecule has 5 nitrogen and oxygen atoms in total. The Balaban J connectivity index is 1.43. The molecule has 1 saturated carbocycles. The van der Waals surface area contributed by atoms with Crippen LogP contribution in [0.25, 0.3) is 10.2 Å². The molecule has 2 heterocycles. The largest absolute Gasteiger partial charge is 0.383 e. The molecule has 0 unspecified atom stereocenters. The zero-order valence-corrected chi connectivity index (χ0v) is 16.8. The van der Waals surface area contributed by atoms with Gasteiger partial charge >= 0.3 is 0 Å². The number of carbonyl (C=O) groups excluding carboxylic acids is 1. The van der Waals surface area contributed by atoms with E-state index in [0.717, 1.165) is 29.5 Å². The second-order valence-corrected chi connectivity index (χ2v) is 9.53. The highest BCUT2D eigenvalue weighted by Crippen LogP contribution is 2.38. The number of fused-ring (bicyclic) bond motifs is 3. The Kier molecular flexibility index (Phi) is 5.36. The topological polar surface area (TPSA) is 80.9 Å². The van der Waals surface area contributed by atoms with Crippen LogP contribution in [0, 0.1) is 5.92 Å². The molecule has 0 saturated heterocycles. The molecule has 1 fully saturated rings. The molecule has 2 atom stereocenters. The first-order valence-electron chi connectivity index (χ1n) is 9.61. The Morgan fingerprint density at radius 1 is 1.23 bits per heavy atom. The molecule has 26 heavy (non-hydrogen) atoms. The molecule has 0 radical (unpaired) electrons. The van der Waals surface area contributed by atoms with Crippen LogP contribution in [0.2, 0.25) is 0 Å². The molecule has 140 valence electrons. The number of aromatic nitrogens is 2. The maximum Gasteiger partial charge on any atom is 0.230 e. The average Bonchev–Trinajstić information content (AvgIpc) is 3.01. The predicted octanol–water partition coefficient (Wildman–Crippen LogP) is 3.94. The van der Waals surface area contributed by atoms with Gasteiger partial charge in [-0.25, -0.2) is 9.97 Å². The van der Waals surface area contributed by atoms with Crippen molar-refractivity contribution in [2.24, 2.45) is 5.92 Å². The molecule has 7 heteroatoms. The first kappa shape index (κ1) is 18.0. The van der Waals surface area contributed by atoms with Crippen LogP contribution in [0.5, 0.6) is 0 Å².